The fourth-order valence-electron chi connectivity index (χ4n) is 3.50. The van der Waals surface area contributed by atoms with Crippen molar-refractivity contribution in [3.05, 3.63) is 58.0 Å². The van der Waals surface area contributed by atoms with Gasteiger partial charge in [-0.25, -0.2) is 9.37 Å². The van der Waals surface area contributed by atoms with Gasteiger partial charge < -0.3 is 14.6 Å². The van der Waals surface area contributed by atoms with Crippen molar-refractivity contribution in [3.8, 4) is 0 Å². The number of aryl methyl sites for hydroxylation is 1. The molecule has 0 saturated carbocycles. The van der Waals surface area contributed by atoms with Crippen LogP contribution in [0.3, 0.4) is 0 Å². The van der Waals surface area contributed by atoms with Crippen molar-refractivity contribution in [2.24, 2.45) is 7.05 Å². The minimum absolute atomic E-state index is 0.217. The van der Waals surface area contributed by atoms with Gasteiger partial charge in [0.05, 0.1) is 53.8 Å². The third-order valence-electron chi connectivity index (χ3n) is 5.29. The Labute approximate surface area is 199 Å². The Bertz CT molecular complexity index is 1130. The second kappa shape index (κ2) is 10.2. The molecule has 0 atom stereocenters. The summed E-state index contributed by atoms with van der Waals surface area (Å²) in [4.78, 5) is 12.1. The maximum absolute atomic E-state index is 15.5. The number of hydrogen-bond donors (Lipinski definition) is 2. The Hall–Kier alpha value is -2.17. The zero-order valence-electron chi connectivity index (χ0n) is 17.6. The van der Waals surface area contributed by atoms with Crippen LogP contribution in [0.4, 0.5) is 15.8 Å². The van der Waals surface area contributed by atoms with E-state index in [1.165, 1.54) is 0 Å². The lowest BCUT2D eigenvalue weighted by atomic mass is 10.1. The number of fused-ring (bicyclic) bond motifs is 1. The molecule has 7 nitrogen and oxygen atoms in total. The average Bonchev–Trinajstić information content (AvgIpc) is 3.16. The molecule has 32 heavy (non-hydrogen) atoms. The molecule has 1 fully saturated rings. The predicted octanol–water partition coefficient (Wildman–Crippen LogP) is 4.70. The summed E-state index contributed by atoms with van der Waals surface area (Å²) < 4.78 is 23.4. The van der Waals surface area contributed by atoms with Gasteiger partial charge in [0.1, 0.15) is 5.52 Å². The zero-order valence-corrected chi connectivity index (χ0v) is 20.0. The normalized spacial score (nSPS) is 14.6. The molecule has 1 saturated heterocycles. The minimum Gasteiger partial charge on any atom is -0.379 e. The van der Waals surface area contributed by atoms with Crippen LogP contribution in [-0.4, -0.2) is 53.9 Å². The summed E-state index contributed by atoms with van der Waals surface area (Å²) in [7, 11) is 1.81. The quantitative estimate of drug-likeness (QED) is 0.329. The Balaban J connectivity index is 1.56. The molecule has 0 spiro atoms. The van der Waals surface area contributed by atoms with Gasteiger partial charge in [-0.05, 0) is 24.3 Å². The Morgan fingerprint density at radius 1 is 1.34 bits per heavy atom. The molecule has 170 valence electrons. The summed E-state index contributed by atoms with van der Waals surface area (Å²) >= 11 is 9.73. The molecule has 0 unspecified atom stereocenters. The van der Waals surface area contributed by atoms with Crippen molar-refractivity contribution in [1.29, 1.82) is 0 Å². The topological polar surface area (TPSA) is 63.6 Å². The Morgan fingerprint density at radius 3 is 2.88 bits per heavy atom. The highest BCUT2D eigenvalue weighted by atomic mass is 79.9. The lowest BCUT2D eigenvalue weighted by molar-refractivity contribution is 0.00862. The van der Waals surface area contributed by atoms with Crippen molar-refractivity contribution in [2.75, 3.05) is 44.8 Å². The molecule has 0 amide bonds. The van der Waals surface area contributed by atoms with E-state index in [1.54, 1.807) is 23.0 Å². The summed E-state index contributed by atoms with van der Waals surface area (Å²) in [5, 5.41) is 3.56. The summed E-state index contributed by atoms with van der Waals surface area (Å²) in [6, 6.07) is 7.16. The molecule has 1 aromatic heterocycles. The molecular weight excluding hydrogens is 501 g/mol. The molecule has 10 heteroatoms. The molecule has 1 aliphatic heterocycles. The number of imidazole rings is 1. The smallest absolute Gasteiger partial charge is 0.175 e. The third-order valence-corrected chi connectivity index (χ3v) is 6.09. The van der Waals surface area contributed by atoms with Crippen LogP contribution in [0.5, 0.6) is 0 Å². The molecule has 3 aromatic rings. The lowest BCUT2D eigenvalue weighted by Gasteiger charge is -2.26. The fourth-order valence-corrected chi connectivity index (χ4v) is 4.22. The number of aromatic nitrogens is 2. The Kier molecular flexibility index (Phi) is 7.32. The number of halogens is 3. The number of nitrogens with one attached hydrogen (secondary N) is 2. The van der Waals surface area contributed by atoms with Gasteiger partial charge >= 0.3 is 0 Å². The van der Waals surface area contributed by atoms with Gasteiger partial charge in [-0.3, -0.25) is 15.2 Å². The molecule has 2 N–H and O–H groups in total. The van der Waals surface area contributed by atoms with E-state index in [0.29, 0.717) is 34.1 Å². The van der Waals surface area contributed by atoms with Gasteiger partial charge in [0.25, 0.3) is 0 Å². The number of hydroxylamine groups is 1. The van der Waals surface area contributed by atoms with E-state index in [9.17, 15) is 0 Å². The number of morpholine rings is 1. The van der Waals surface area contributed by atoms with Crippen LogP contribution in [0.15, 0.2) is 41.6 Å². The summed E-state index contributed by atoms with van der Waals surface area (Å²) in [5.74, 6) is -0.492. The number of rotatable bonds is 8. The van der Waals surface area contributed by atoms with Crippen molar-refractivity contribution >= 4 is 55.6 Å². The van der Waals surface area contributed by atoms with Crippen LogP contribution in [0.25, 0.3) is 16.7 Å². The van der Waals surface area contributed by atoms with Crippen LogP contribution in [0.2, 0.25) is 5.02 Å². The van der Waals surface area contributed by atoms with E-state index >= 15 is 4.39 Å². The SMILES string of the molecule is C=C(NOCCN1CCOCC1)c1cc2c(ncn2C)c(F)c1Nc1ccc(Br)cc1Cl. The number of nitrogens with zero attached hydrogens (tertiary/aromatic N) is 3. The van der Waals surface area contributed by atoms with E-state index < -0.39 is 5.82 Å². The molecule has 0 bridgehead atoms. The van der Waals surface area contributed by atoms with Gasteiger partial charge in [-0.2, -0.15) is 0 Å². The van der Waals surface area contributed by atoms with E-state index in [1.807, 2.05) is 19.2 Å². The second-order valence-corrected chi connectivity index (χ2v) is 8.79. The highest BCUT2D eigenvalue weighted by Crippen LogP contribution is 2.36. The molecule has 4 rings (SSSR count). The van der Waals surface area contributed by atoms with Gasteiger partial charge in [-0.15, -0.1) is 0 Å². The number of hydrogen-bond acceptors (Lipinski definition) is 6. The summed E-state index contributed by atoms with van der Waals surface area (Å²) in [6.07, 6.45) is 1.57. The van der Waals surface area contributed by atoms with Crippen molar-refractivity contribution < 1.29 is 14.0 Å². The van der Waals surface area contributed by atoms with Crippen LogP contribution in [0, 0.1) is 5.82 Å². The second-order valence-electron chi connectivity index (χ2n) is 7.47. The highest BCUT2D eigenvalue weighted by molar-refractivity contribution is 9.10. The van der Waals surface area contributed by atoms with Crippen LogP contribution in [0.1, 0.15) is 5.56 Å². The van der Waals surface area contributed by atoms with Crippen LogP contribution in [-0.2, 0) is 16.6 Å². The average molecular weight is 525 g/mol. The van der Waals surface area contributed by atoms with Crippen molar-refractivity contribution in [1.82, 2.24) is 19.9 Å². The van der Waals surface area contributed by atoms with Crippen LogP contribution >= 0.6 is 27.5 Å². The van der Waals surface area contributed by atoms with Crippen LogP contribution < -0.4 is 10.8 Å². The van der Waals surface area contributed by atoms with Gasteiger partial charge in [-0.1, -0.05) is 34.1 Å². The molecule has 0 radical (unpaired) electrons. The van der Waals surface area contributed by atoms with E-state index in [-0.39, 0.29) is 11.2 Å². The Morgan fingerprint density at radius 2 is 2.12 bits per heavy atom. The fraction of sp³-hybridized carbons (Fsp3) is 0.318. The lowest BCUT2D eigenvalue weighted by Crippen LogP contribution is -2.38. The number of benzene rings is 2. The van der Waals surface area contributed by atoms with Crippen molar-refractivity contribution in [3.63, 3.8) is 0 Å². The number of ether oxygens (including phenoxy) is 1. The van der Waals surface area contributed by atoms with Gasteiger partial charge in [0, 0.05) is 36.7 Å². The first kappa shape index (κ1) is 23.0. The molecule has 2 aromatic carbocycles. The standard InChI is InChI=1S/C22H24BrClFN5O2/c1-14(28-32-10-7-30-5-8-31-9-6-30)16-12-19-22(26-13-29(19)2)20(25)21(16)27-18-4-3-15(23)11-17(18)24/h3-4,11-13,27-28H,1,5-10H2,2H3. The molecule has 1 aliphatic rings. The first-order valence-corrected chi connectivity index (χ1v) is 11.3. The monoisotopic (exact) mass is 523 g/mol. The summed E-state index contributed by atoms with van der Waals surface area (Å²) in [5.41, 5.74) is 5.48. The maximum atomic E-state index is 15.5. The largest absolute Gasteiger partial charge is 0.379 e. The van der Waals surface area contributed by atoms with E-state index in [0.717, 1.165) is 37.3 Å². The molecular formula is C22H24BrClFN5O2. The summed E-state index contributed by atoms with van der Waals surface area (Å²) in [6.45, 7) is 8.52. The van der Waals surface area contributed by atoms with E-state index in [4.69, 9.17) is 21.2 Å². The van der Waals surface area contributed by atoms with E-state index in [2.05, 4.69) is 43.2 Å². The first-order valence-electron chi connectivity index (χ1n) is 10.2. The predicted molar refractivity (Wildman–Crippen MR) is 128 cm³/mol. The minimum atomic E-state index is -0.492. The number of anilines is 2. The third kappa shape index (κ3) is 5.07. The van der Waals surface area contributed by atoms with Crippen molar-refractivity contribution in [2.45, 2.75) is 0 Å². The highest BCUT2D eigenvalue weighted by Gasteiger charge is 2.20. The van der Waals surface area contributed by atoms with Gasteiger partial charge in [0.15, 0.2) is 5.82 Å². The molecule has 2 heterocycles. The maximum Gasteiger partial charge on any atom is 0.175 e. The zero-order chi connectivity index (χ0) is 22.7. The first-order chi connectivity index (χ1) is 15.4. The molecule has 0 aliphatic carbocycles. The van der Waals surface area contributed by atoms with Gasteiger partial charge in [0.2, 0.25) is 0 Å².